The molecule has 61 heavy (non-hydrogen) atoms. The topological polar surface area (TPSA) is 3.24 Å². The van der Waals surface area contributed by atoms with Gasteiger partial charge >= 0.3 is 0 Å². The monoisotopic (exact) mass is 777 g/mol. The number of nitrogens with zero attached hydrogens (tertiary/aromatic N) is 1. The summed E-state index contributed by atoms with van der Waals surface area (Å²) in [6.45, 7) is 4.91. The van der Waals surface area contributed by atoms with Crippen LogP contribution in [-0.2, 0) is 10.8 Å². The van der Waals surface area contributed by atoms with E-state index in [9.17, 15) is 0 Å². The van der Waals surface area contributed by atoms with Crippen LogP contribution in [0, 0.1) is 5.92 Å². The average Bonchev–Trinajstić information content (AvgIpc) is 3.89. The molecule has 288 valence electrons. The quantitative estimate of drug-likeness (QED) is 0.172. The Morgan fingerprint density at radius 3 is 1.77 bits per heavy atom. The molecule has 0 saturated heterocycles. The predicted octanol–water partition coefficient (Wildman–Crippen LogP) is 15.6. The molecule has 9 aromatic rings. The van der Waals surface area contributed by atoms with Gasteiger partial charge in [0.05, 0.1) is 16.8 Å². The van der Waals surface area contributed by atoms with E-state index < -0.39 is 5.41 Å². The summed E-state index contributed by atoms with van der Waals surface area (Å²) >= 11 is 0. The largest absolute Gasteiger partial charge is 0.309 e. The van der Waals surface area contributed by atoms with E-state index in [0.717, 1.165) is 5.69 Å². The van der Waals surface area contributed by atoms with E-state index in [4.69, 9.17) is 0 Å². The smallest absolute Gasteiger partial charge is 0.0726 e. The summed E-state index contributed by atoms with van der Waals surface area (Å²) in [7, 11) is 0. The summed E-state index contributed by atoms with van der Waals surface area (Å²) in [5.74, 6) is 0.723. The molecule has 9 aromatic carbocycles. The van der Waals surface area contributed by atoms with Crippen LogP contribution < -0.4 is 4.90 Å². The molecule has 1 nitrogen and oxygen atoms in total. The summed E-state index contributed by atoms with van der Waals surface area (Å²) in [6, 6.07) is 70.8. The fraction of sp³-hybridized carbons (Fsp3) is 0.100. The van der Waals surface area contributed by atoms with Gasteiger partial charge in [0.15, 0.2) is 0 Å². The highest BCUT2D eigenvalue weighted by Crippen LogP contribution is 2.65. The van der Waals surface area contributed by atoms with Crippen LogP contribution in [0.4, 0.5) is 17.1 Å². The number of hydrogen-bond donors (Lipinski definition) is 0. The SMILES string of the molecule is CC1(C)c2c(c(-c3ccc(N(c4ccccc4)c4cccc5c4-c4ccccc4C54c5ccccc5-c5ccccc54)c4ccccc34)cc3ccccc23)C2C=CC=CC21. The predicted molar refractivity (Wildman–Crippen MR) is 255 cm³/mol. The Kier molecular flexibility index (Phi) is 7.18. The first-order valence-electron chi connectivity index (χ1n) is 21.8. The Morgan fingerprint density at radius 2 is 1.02 bits per heavy atom. The number of benzene rings is 9. The Balaban J connectivity index is 1.08. The van der Waals surface area contributed by atoms with Gasteiger partial charge in [-0.25, -0.2) is 0 Å². The van der Waals surface area contributed by atoms with E-state index in [-0.39, 0.29) is 5.41 Å². The number of allylic oxidation sites excluding steroid dienone is 4. The van der Waals surface area contributed by atoms with Gasteiger partial charge < -0.3 is 4.90 Å². The lowest BCUT2D eigenvalue weighted by molar-refractivity contribution is 0.396. The lowest BCUT2D eigenvalue weighted by atomic mass is 9.70. The van der Waals surface area contributed by atoms with Gasteiger partial charge in [0.25, 0.3) is 0 Å². The van der Waals surface area contributed by atoms with Crippen LogP contribution in [0.5, 0.6) is 0 Å². The second-order valence-electron chi connectivity index (χ2n) is 17.9. The van der Waals surface area contributed by atoms with Crippen LogP contribution in [0.3, 0.4) is 0 Å². The molecular weight excluding hydrogens is 735 g/mol. The molecule has 4 aliphatic rings. The molecule has 0 aromatic heterocycles. The molecule has 2 atom stereocenters. The fourth-order valence-corrected chi connectivity index (χ4v) is 12.4. The molecule has 0 heterocycles. The Labute approximate surface area is 357 Å². The molecule has 0 radical (unpaired) electrons. The zero-order valence-electron chi connectivity index (χ0n) is 34.3. The van der Waals surface area contributed by atoms with E-state index in [1.165, 1.54) is 99.7 Å². The second kappa shape index (κ2) is 12.6. The Bertz CT molecular complexity index is 3320. The van der Waals surface area contributed by atoms with Gasteiger partial charge in [0.2, 0.25) is 0 Å². The van der Waals surface area contributed by atoms with Crippen molar-refractivity contribution in [1.82, 2.24) is 0 Å². The van der Waals surface area contributed by atoms with Crippen LogP contribution in [0.1, 0.15) is 53.1 Å². The van der Waals surface area contributed by atoms with Crippen molar-refractivity contribution in [3.05, 3.63) is 246 Å². The molecule has 0 saturated carbocycles. The van der Waals surface area contributed by atoms with Crippen LogP contribution in [0.25, 0.3) is 54.9 Å². The summed E-state index contributed by atoms with van der Waals surface area (Å²) in [5.41, 5.74) is 19.3. The first-order chi connectivity index (χ1) is 30.1. The molecule has 13 rings (SSSR count). The number of fused-ring (bicyclic) bond motifs is 16. The van der Waals surface area contributed by atoms with Crippen molar-refractivity contribution in [2.45, 2.75) is 30.6 Å². The molecule has 4 aliphatic carbocycles. The van der Waals surface area contributed by atoms with E-state index in [1.807, 2.05) is 0 Å². The molecule has 0 amide bonds. The van der Waals surface area contributed by atoms with Gasteiger partial charge in [-0.1, -0.05) is 196 Å². The van der Waals surface area contributed by atoms with Crippen LogP contribution in [0.15, 0.2) is 212 Å². The van der Waals surface area contributed by atoms with E-state index in [1.54, 1.807) is 0 Å². The van der Waals surface area contributed by atoms with Crippen LogP contribution >= 0.6 is 0 Å². The first-order valence-corrected chi connectivity index (χ1v) is 21.8. The fourth-order valence-electron chi connectivity index (χ4n) is 12.4. The molecule has 1 spiro atoms. The molecule has 0 bridgehead atoms. The van der Waals surface area contributed by atoms with E-state index in [0.29, 0.717) is 11.8 Å². The van der Waals surface area contributed by atoms with E-state index >= 15 is 0 Å². The maximum absolute atomic E-state index is 2.53. The maximum atomic E-state index is 2.53. The zero-order chi connectivity index (χ0) is 40.5. The molecule has 1 heteroatoms. The standard InChI is InChI=1S/C60H43N/c1-59(2)49-29-14-12-27-46(49)56-48(37-38-19-6-7-22-40(38)58(56)59)42-35-36-54(45-26-9-8-23-41(42)45)61(39-20-4-3-5-21-39)55-34-18-33-53-57(55)47-28-13-17-32-52(47)60(53)50-30-15-10-24-43(50)44-25-11-16-31-51(44)60/h3-37,46,49H,1-2H3. The highest BCUT2D eigenvalue weighted by molar-refractivity contribution is 6.10. The van der Waals surface area contributed by atoms with Crippen molar-refractivity contribution in [3.8, 4) is 33.4 Å². The third-order valence-corrected chi connectivity index (χ3v) is 14.7. The van der Waals surface area contributed by atoms with Gasteiger partial charge in [0, 0.05) is 22.6 Å². The van der Waals surface area contributed by atoms with Crippen molar-refractivity contribution in [2.75, 3.05) is 4.90 Å². The van der Waals surface area contributed by atoms with Crippen molar-refractivity contribution in [2.24, 2.45) is 5.92 Å². The van der Waals surface area contributed by atoms with E-state index in [2.05, 4.69) is 231 Å². The highest BCUT2D eigenvalue weighted by atomic mass is 15.1. The van der Waals surface area contributed by atoms with Crippen molar-refractivity contribution >= 4 is 38.6 Å². The number of hydrogen-bond acceptors (Lipinski definition) is 1. The zero-order valence-corrected chi connectivity index (χ0v) is 34.3. The average molecular weight is 778 g/mol. The number of para-hydroxylation sites is 1. The van der Waals surface area contributed by atoms with Gasteiger partial charge in [-0.05, 0) is 119 Å². The molecule has 2 unspecified atom stereocenters. The van der Waals surface area contributed by atoms with Crippen LogP contribution in [-0.4, -0.2) is 0 Å². The Morgan fingerprint density at radius 1 is 0.426 bits per heavy atom. The lowest BCUT2D eigenvalue weighted by Gasteiger charge is -2.32. The summed E-state index contributed by atoms with van der Waals surface area (Å²) in [4.78, 5) is 2.53. The minimum absolute atomic E-state index is 0.0155. The number of anilines is 3. The minimum Gasteiger partial charge on any atom is -0.309 e. The normalized spacial score (nSPS) is 17.8. The van der Waals surface area contributed by atoms with Crippen LogP contribution in [0.2, 0.25) is 0 Å². The van der Waals surface area contributed by atoms with Gasteiger partial charge in [-0.2, -0.15) is 0 Å². The highest BCUT2D eigenvalue weighted by Gasteiger charge is 2.52. The van der Waals surface area contributed by atoms with Crippen molar-refractivity contribution in [3.63, 3.8) is 0 Å². The molecule has 0 N–H and O–H groups in total. The van der Waals surface area contributed by atoms with Gasteiger partial charge in [0.1, 0.15) is 0 Å². The molecule has 0 aliphatic heterocycles. The first kappa shape index (κ1) is 34.6. The van der Waals surface area contributed by atoms with Crippen molar-refractivity contribution < 1.29 is 0 Å². The Hall–Kier alpha value is -7.22. The molecule has 0 fully saturated rings. The second-order valence-corrected chi connectivity index (χ2v) is 17.9. The summed E-state index contributed by atoms with van der Waals surface area (Å²) in [6.07, 6.45) is 9.41. The third kappa shape index (κ3) is 4.51. The lowest BCUT2D eigenvalue weighted by Crippen LogP contribution is -2.26. The third-order valence-electron chi connectivity index (χ3n) is 14.7. The number of rotatable bonds is 4. The maximum Gasteiger partial charge on any atom is 0.0726 e. The molecular formula is C60H43N. The van der Waals surface area contributed by atoms with Crippen molar-refractivity contribution in [1.29, 1.82) is 0 Å². The van der Waals surface area contributed by atoms with Gasteiger partial charge in [-0.3, -0.25) is 0 Å². The van der Waals surface area contributed by atoms with Gasteiger partial charge in [-0.15, -0.1) is 0 Å². The summed E-state index contributed by atoms with van der Waals surface area (Å²) < 4.78 is 0. The summed E-state index contributed by atoms with van der Waals surface area (Å²) in [5, 5.41) is 5.17. The minimum atomic E-state index is -0.422.